The Kier molecular flexibility index (Phi) is 8.13. The van der Waals surface area contributed by atoms with Gasteiger partial charge in [-0.25, -0.2) is 4.79 Å². The SMILES string of the molecule is Cc1cccc(NC(=O)N2CCCC(C(=O)N3CCC(C)CC3CN)C2)c1.Cl. The molecule has 0 aliphatic carbocycles. The summed E-state index contributed by atoms with van der Waals surface area (Å²) in [7, 11) is 0. The number of halogens is 1. The molecule has 0 spiro atoms. The summed E-state index contributed by atoms with van der Waals surface area (Å²) in [5.74, 6) is 0.667. The highest BCUT2D eigenvalue weighted by molar-refractivity contribution is 5.90. The number of anilines is 1. The number of piperidine rings is 2. The van der Waals surface area contributed by atoms with Gasteiger partial charge in [-0.15, -0.1) is 12.4 Å². The van der Waals surface area contributed by atoms with E-state index in [0.717, 1.165) is 43.5 Å². The van der Waals surface area contributed by atoms with E-state index in [1.807, 2.05) is 36.1 Å². The highest BCUT2D eigenvalue weighted by atomic mass is 35.5. The number of carbonyl (C=O) groups is 2. The molecule has 0 bridgehead atoms. The second-order valence-electron chi connectivity index (χ2n) is 8.14. The van der Waals surface area contributed by atoms with Gasteiger partial charge in [0.25, 0.3) is 0 Å². The molecule has 3 amide bonds. The smallest absolute Gasteiger partial charge is 0.321 e. The molecule has 156 valence electrons. The number of benzene rings is 1. The Hall–Kier alpha value is -1.79. The fourth-order valence-electron chi connectivity index (χ4n) is 4.29. The van der Waals surface area contributed by atoms with Crippen LogP contribution in [0.15, 0.2) is 24.3 Å². The first-order valence-corrected chi connectivity index (χ1v) is 10.1. The van der Waals surface area contributed by atoms with Crippen molar-refractivity contribution in [3.63, 3.8) is 0 Å². The maximum atomic E-state index is 13.1. The summed E-state index contributed by atoms with van der Waals surface area (Å²) in [5.41, 5.74) is 7.83. The predicted molar refractivity (Wildman–Crippen MR) is 115 cm³/mol. The maximum absolute atomic E-state index is 13.1. The fourth-order valence-corrected chi connectivity index (χ4v) is 4.29. The van der Waals surface area contributed by atoms with Gasteiger partial charge in [-0.1, -0.05) is 19.1 Å². The van der Waals surface area contributed by atoms with Crippen LogP contribution in [0, 0.1) is 18.8 Å². The zero-order valence-corrected chi connectivity index (χ0v) is 17.7. The van der Waals surface area contributed by atoms with Crippen LogP contribution in [0.5, 0.6) is 0 Å². The normalized spacial score (nSPS) is 25.0. The topological polar surface area (TPSA) is 78.7 Å². The van der Waals surface area contributed by atoms with Crippen LogP contribution in [0.2, 0.25) is 0 Å². The van der Waals surface area contributed by atoms with Gasteiger partial charge in [-0.3, -0.25) is 4.79 Å². The van der Waals surface area contributed by atoms with E-state index in [1.165, 1.54) is 0 Å². The molecule has 0 radical (unpaired) electrons. The van der Waals surface area contributed by atoms with Gasteiger partial charge in [0.2, 0.25) is 5.91 Å². The van der Waals surface area contributed by atoms with Crippen molar-refractivity contribution in [2.75, 3.05) is 31.5 Å². The van der Waals surface area contributed by atoms with Crippen LogP contribution in [0.25, 0.3) is 0 Å². The third-order valence-corrected chi connectivity index (χ3v) is 5.86. The second kappa shape index (κ2) is 10.1. The number of amides is 3. The van der Waals surface area contributed by atoms with Crippen LogP contribution >= 0.6 is 12.4 Å². The molecule has 7 heteroatoms. The quantitative estimate of drug-likeness (QED) is 0.805. The van der Waals surface area contributed by atoms with Gasteiger partial charge in [0.05, 0.1) is 5.92 Å². The van der Waals surface area contributed by atoms with Gasteiger partial charge in [0.15, 0.2) is 0 Å². The molecule has 1 aromatic carbocycles. The molecule has 2 saturated heterocycles. The summed E-state index contributed by atoms with van der Waals surface area (Å²) < 4.78 is 0. The van der Waals surface area contributed by atoms with E-state index in [9.17, 15) is 9.59 Å². The molecule has 0 aromatic heterocycles. The fraction of sp³-hybridized carbons (Fsp3) is 0.619. The second-order valence-corrected chi connectivity index (χ2v) is 8.14. The first kappa shape index (κ1) is 22.5. The first-order chi connectivity index (χ1) is 13.0. The molecular weight excluding hydrogens is 376 g/mol. The van der Waals surface area contributed by atoms with Crippen LogP contribution in [0.1, 0.15) is 38.2 Å². The van der Waals surface area contributed by atoms with E-state index >= 15 is 0 Å². The average molecular weight is 409 g/mol. The molecule has 3 rings (SSSR count). The maximum Gasteiger partial charge on any atom is 0.321 e. The van der Waals surface area contributed by atoms with E-state index in [0.29, 0.717) is 25.6 Å². The van der Waals surface area contributed by atoms with E-state index in [4.69, 9.17) is 5.73 Å². The van der Waals surface area contributed by atoms with Crippen molar-refractivity contribution in [3.05, 3.63) is 29.8 Å². The number of hydrogen-bond acceptors (Lipinski definition) is 3. The van der Waals surface area contributed by atoms with Crippen molar-refractivity contribution in [2.24, 2.45) is 17.6 Å². The van der Waals surface area contributed by atoms with E-state index in [1.54, 1.807) is 4.90 Å². The minimum absolute atomic E-state index is 0. The number of nitrogens with two attached hydrogens (primary N) is 1. The molecule has 3 N–H and O–H groups in total. The molecule has 3 unspecified atom stereocenters. The molecular formula is C21H33ClN4O2. The zero-order chi connectivity index (χ0) is 19.4. The third kappa shape index (κ3) is 5.39. The average Bonchev–Trinajstić information content (AvgIpc) is 2.67. The van der Waals surface area contributed by atoms with E-state index in [2.05, 4.69) is 12.2 Å². The highest BCUT2D eigenvalue weighted by Gasteiger charge is 2.35. The molecule has 6 nitrogen and oxygen atoms in total. The van der Waals surface area contributed by atoms with Crippen molar-refractivity contribution in [1.29, 1.82) is 0 Å². The lowest BCUT2D eigenvalue weighted by Crippen LogP contribution is -2.54. The van der Waals surface area contributed by atoms with Crippen LogP contribution in [0.4, 0.5) is 10.5 Å². The molecule has 28 heavy (non-hydrogen) atoms. The molecule has 0 saturated carbocycles. The predicted octanol–water partition coefficient (Wildman–Crippen LogP) is 3.25. The molecule has 2 aliphatic rings. The number of aryl methyl sites for hydroxylation is 1. The summed E-state index contributed by atoms with van der Waals surface area (Å²) >= 11 is 0. The van der Waals surface area contributed by atoms with Crippen LogP contribution in [-0.2, 0) is 4.79 Å². The van der Waals surface area contributed by atoms with Crippen LogP contribution in [0.3, 0.4) is 0 Å². The standard InChI is InChI=1S/C21H32N4O2.ClH/c1-15-5-3-7-18(11-15)23-21(27)24-9-4-6-17(14-24)20(26)25-10-8-16(2)12-19(25)13-22;/h3,5,7,11,16-17,19H,4,6,8-10,12-14,22H2,1-2H3,(H,23,27);1H. The molecule has 1 aromatic rings. The Bertz CT molecular complexity index is 684. The van der Waals surface area contributed by atoms with Gasteiger partial charge >= 0.3 is 6.03 Å². The number of nitrogens with zero attached hydrogens (tertiary/aromatic N) is 2. The Morgan fingerprint density at radius 1 is 1.25 bits per heavy atom. The molecule has 2 heterocycles. The molecule has 2 aliphatic heterocycles. The van der Waals surface area contributed by atoms with E-state index < -0.39 is 0 Å². The Balaban J connectivity index is 0.00000280. The van der Waals surface area contributed by atoms with Crippen molar-refractivity contribution in [2.45, 2.75) is 45.6 Å². The van der Waals surface area contributed by atoms with Crippen molar-refractivity contribution in [1.82, 2.24) is 9.80 Å². The molecule has 3 atom stereocenters. The summed E-state index contributed by atoms with van der Waals surface area (Å²) in [6.45, 7) is 6.70. The van der Waals surface area contributed by atoms with Gasteiger partial charge < -0.3 is 20.9 Å². The van der Waals surface area contributed by atoms with Crippen LogP contribution in [-0.4, -0.2) is 54.0 Å². The summed E-state index contributed by atoms with van der Waals surface area (Å²) in [6, 6.07) is 7.78. The molecule has 2 fully saturated rings. The first-order valence-electron chi connectivity index (χ1n) is 10.1. The van der Waals surface area contributed by atoms with Crippen molar-refractivity contribution in [3.8, 4) is 0 Å². The number of nitrogens with one attached hydrogen (secondary N) is 1. The van der Waals surface area contributed by atoms with Crippen LogP contribution < -0.4 is 11.1 Å². The summed E-state index contributed by atoms with van der Waals surface area (Å²) in [4.78, 5) is 29.5. The number of carbonyl (C=O) groups excluding carboxylic acids is 2. The van der Waals surface area contributed by atoms with E-state index in [-0.39, 0.29) is 36.3 Å². The number of hydrogen-bond donors (Lipinski definition) is 2. The Morgan fingerprint density at radius 3 is 2.75 bits per heavy atom. The van der Waals surface area contributed by atoms with Crippen molar-refractivity contribution >= 4 is 30.0 Å². The van der Waals surface area contributed by atoms with Gasteiger partial charge in [-0.2, -0.15) is 0 Å². The van der Waals surface area contributed by atoms with Gasteiger partial charge in [-0.05, 0) is 56.2 Å². The zero-order valence-electron chi connectivity index (χ0n) is 16.9. The number of rotatable bonds is 3. The Morgan fingerprint density at radius 2 is 2.04 bits per heavy atom. The largest absolute Gasteiger partial charge is 0.338 e. The summed E-state index contributed by atoms with van der Waals surface area (Å²) in [6.07, 6.45) is 3.71. The van der Waals surface area contributed by atoms with Crippen molar-refractivity contribution < 1.29 is 9.59 Å². The van der Waals surface area contributed by atoms with Gasteiger partial charge in [0, 0.05) is 37.9 Å². The summed E-state index contributed by atoms with van der Waals surface area (Å²) in [5, 5.41) is 2.96. The Labute approximate surface area is 174 Å². The minimum atomic E-state index is -0.124. The monoisotopic (exact) mass is 408 g/mol. The number of urea groups is 1. The lowest BCUT2D eigenvalue weighted by atomic mass is 9.89. The van der Waals surface area contributed by atoms with Gasteiger partial charge in [0.1, 0.15) is 0 Å². The minimum Gasteiger partial charge on any atom is -0.338 e. The third-order valence-electron chi connectivity index (χ3n) is 5.86. The lowest BCUT2D eigenvalue weighted by molar-refractivity contribution is -0.141. The lowest BCUT2D eigenvalue weighted by Gasteiger charge is -2.41. The number of likely N-dealkylation sites (tertiary alicyclic amines) is 2. The highest BCUT2D eigenvalue weighted by Crippen LogP contribution is 2.27.